The monoisotopic (exact) mass is 420 g/mol. The molecule has 160 valence electrons. The first kappa shape index (κ1) is 19.4. The van der Waals surface area contributed by atoms with Crippen molar-refractivity contribution in [3.8, 4) is 17.1 Å². The molecule has 0 radical (unpaired) electrons. The van der Waals surface area contributed by atoms with Gasteiger partial charge in [-0.3, -0.25) is 14.8 Å². The minimum absolute atomic E-state index is 0.231. The molecule has 0 unspecified atom stereocenters. The summed E-state index contributed by atoms with van der Waals surface area (Å²) in [7, 11) is 3.24. The van der Waals surface area contributed by atoms with Crippen molar-refractivity contribution < 1.29 is 14.3 Å². The fourth-order valence-electron chi connectivity index (χ4n) is 4.13. The highest BCUT2D eigenvalue weighted by Crippen LogP contribution is 2.45. The largest absolute Gasteiger partial charge is 0.492 e. The zero-order chi connectivity index (χ0) is 21.4. The van der Waals surface area contributed by atoms with Crippen LogP contribution in [0.15, 0.2) is 43.0 Å². The third kappa shape index (κ3) is 3.36. The number of methoxy groups -OCH3 is 1. The van der Waals surface area contributed by atoms with Crippen LogP contribution in [0.4, 0.5) is 17.1 Å². The molecule has 0 saturated carbocycles. The smallest absolute Gasteiger partial charge is 0.254 e. The molecule has 2 fully saturated rings. The summed E-state index contributed by atoms with van der Waals surface area (Å²) in [4.78, 5) is 26.7. The third-order valence-electron chi connectivity index (χ3n) is 5.81. The summed E-state index contributed by atoms with van der Waals surface area (Å²) in [6, 6.07) is 5.67. The molecule has 9 heteroatoms. The van der Waals surface area contributed by atoms with Crippen molar-refractivity contribution >= 4 is 23.0 Å². The lowest BCUT2D eigenvalue weighted by Crippen LogP contribution is -2.66. The topological polar surface area (TPSA) is 104 Å². The first-order chi connectivity index (χ1) is 15.1. The van der Waals surface area contributed by atoms with E-state index in [2.05, 4.69) is 30.5 Å². The van der Waals surface area contributed by atoms with Crippen LogP contribution in [0, 0.1) is 5.41 Å². The molecule has 3 aromatic heterocycles. The number of carbonyl (C=O) groups excluding carboxylic acids is 1. The minimum Gasteiger partial charge on any atom is -0.492 e. The Hall–Kier alpha value is -3.59. The molecule has 5 heterocycles. The fraction of sp³-hybridized carbons (Fsp3) is 0.318. The number of amides is 1. The van der Waals surface area contributed by atoms with Crippen molar-refractivity contribution in [1.82, 2.24) is 20.3 Å². The second-order valence-electron chi connectivity index (χ2n) is 7.99. The molecule has 3 N–H and O–H groups in total. The van der Waals surface area contributed by atoms with Gasteiger partial charge in [0.25, 0.3) is 5.91 Å². The Balaban J connectivity index is 1.49. The number of anilines is 3. The average Bonchev–Trinajstić information content (AvgIpc) is 3.26. The molecular formula is C22H24N6O3. The van der Waals surface area contributed by atoms with Crippen LogP contribution in [0.3, 0.4) is 0 Å². The van der Waals surface area contributed by atoms with E-state index >= 15 is 0 Å². The molecule has 1 spiro atoms. The third-order valence-corrected chi connectivity index (χ3v) is 5.81. The molecule has 2 aliphatic rings. The Morgan fingerprint density at radius 3 is 2.74 bits per heavy atom. The van der Waals surface area contributed by atoms with Crippen LogP contribution in [0.1, 0.15) is 10.4 Å². The SMILES string of the molecule is CNC(=O)c1cnc(-c2ccc[nH]2)cc1Nc1cncc(N2CC3(COC3)C2)c1OC. The van der Waals surface area contributed by atoms with Gasteiger partial charge in [0.05, 0.1) is 60.8 Å². The van der Waals surface area contributed by atoms with Gasteiger partial charge < -0.3 is 30.0 Å². The van der Waals surface area contributed by atoms with Gasteiger partial charge in [-0.05, 0) is 18.2 Å². The molecule has 3 aromatic rings. The van der Waals surface area contributed by atoms with E-state index in [0.717, 1.165) is 43.4 Å². The van der Waals surface area contributed by atoms with Crippen molar-refractivity contribution in [1.29, 1.82) is 0 Å². The van der Waals surface area contributed by atoms with Gasteiger partial charge in [-0.1, -0.05) is 0 Å². The van der Waals surface area contributed by atoms with Crippen molar-refractivity contribution in [2.45, 2.75) is 0 Å². The number of aromatic nitrogens is 3. The maximum absolute atomic E-state index is 12.5. The molecule has 2 aliphatic heterocycles. The van der Waals surface area contributed by atoms with Gasteiger partial charge in [-0.15, -0.1) is 0 Å². The van der Waals surface area contributed by atoms with E-state index < -0.39 is 0 Å². The summed E-state index contributed by atoms with van der Waals surface area (Å²) < 4.78 is 11.1. The number of nitrogens with zero attached hydrogens (tertiary/aromatic N) is 3. The Morgan fingerprint density at radius 2 is 2.10 bits per heavy atom. The summed E-state index contributed by atoms with van der Waals surface area (Å²) in [5.41, 5.74) is 4.50. The molecule has 1 amide bonds. The van der Waals surface area contributed by atoms with Gasteiger partial charge in [0.1, 0.15) is 11.4 Å². The van der Waals surface area contributed by atoms with Gasteiger partial charge in [-0.25, -0.2) is 0 Å². The Bertz CT molecular complexity index is 1100. The van der Waals surface area contributed by atoms with Crippen molar-refractivity contribution in [2.24, 2.45) is 5.41 Å². The van der Waals surface area contributed by atoms with Gasteiger partial charge in [0.2, 0.25) is 0 Å². The van der Waals surface area contributed by atoms with Crippen LogP contribution in [-0.2, 0) is 4.74 Å². The highest BCUT2D eigenvalue weighted by Gasteiger charge is 2.49. The van der Waals surface area contributed by atoms with E-state index in [1.807, 2.05) is 30.6 Å². The Morgan fingerprint density at radius 1 is 1.26 bits per heavy atom. The Kier molecular flexibility index (Phi) is 4.74. The second kappa shape index (κ2) is 7.59. The number of hydrogen-bond donors (Lipinski definition) is 3. The lowest BCUT2D eigenvalue weighted by Gasteiger charge is -2.56. The molecule has 0 aliphatic carbocycles. The molecule has 9 nitrogen and oxygen atoms in total. The highest BCUT2D eigenvalue weighted by molar-refractivity contribution is 6.00. The lowest BCUT2D eigenvalue weighted by molar-refractivity contribution is -0.127. The molecule has 0 aromatic carbocycles. The summed E-state index contributed by atoms with van der Waals surface area (Å²) in [5, 5.41) is 6.01. The molecule has 5 rings (SSSR count). The maximum atomic E-state index is 12.5. The first-order valence-electron chi connectivity index (χ1n) is 10.1. The number of hydrogen-bond acceptors (Lipinski definition) is 7. The van der Waals surface area contributed by atoms with Crippen molar-refractivity contribution in [2.75, 3.05) is 50.7 Å². The zero-order valence-corrected chi connectivity index (χ0v) is 17.4. The van der Waals surface area contributed by atoms with Gasteiger partial charge in [0, 0.05) is 32.5 Å². The zero-order valence-electron chi connectivity index (χ0n) is 17.4. The number of carbonyl (C=O) groups is 1. The molecule has 0 atom stereocenters. The summed E-state index contributed by atoms with van der Waals surface area (Å²) >= 11 is 0. The predicted molar refractivity (Wildman–Crippen MR) is 117 cm³/mol. The normalized spacial score (nSPS) is 16.4. The Labute approximate surface area is 179 Å². The standard InChI is InChI=1S/C22H24N6O3/c1-23-21(29)14-7-26-17(15-4-3-5-25-15)6-16(14)27-18-8-24-9-19(20(18)30-2)28-10-22(11-28)12-31-13-22/h3-9,25H,10-13H2,1-2H3,(H,23,29)(H,26,27). The molecule has 31 heavy (non-hydrogen) atoms. The van der Waals surface area contributed by atoms with Crippen LogP contribution in [0.25, 0.3) is 11.4 Å². The number of H-pyrrole nitrogens is 1. The van der Waals surface area contributed by atoms with Gasteiger partial charge >= 0.3 is 0 Å². The highest BCUT2D eigenvalue weighted by atomic mass is 16.5. The van der Waals surface area contributed by atoms with E-state index in [1.54, 1.807) is 26.6 Å². The maximum Gasteiger partial charge on any atom is 0.254 e. The van der Waals surface area contributed by atoms with E-state index in [0.29, 0.717) is 22.7 Å². The number of pyridine rings is 2. The summed E-state index contributed by atoms with van der Waals surface area (Å²) in [6.45, 7) is 3.46. The summed E-state index contributed by atoms with van der Waals surface area (Å²) in [5.74, 6) is 0.456. The van der Waals surface area contributed by atoms with Crippen LogP contribution < -0.4 is 20.3 Å². The predicted octanol–water partition coefficient (Wildman–Crippen LogP) is 2.42. The molecule has 0 bridgehead atoms. The summed E-state index contributed by atoms with van der Waals surface area (Å²) in [6.07, 6.45) is 6.91. The van der Waals surface area contributed by atoms with E-state index in [4.69, 9.17) is 9.47 Å². The molecular weight excluding hydrogens is 396 g/mol. The second-order valence-corrected chi connectivity index (χ2v) is 7.99. The number of nitrogens with one attached hydrogen (secondary N) is 3. The first-order valence-corrected chi connectivity index (χ1v) is 10.1. The van der Waals surface area contributed by atoms with Crippen molar-refractivity contribution in [3.05, 3.63) is 48.5 Å². The van der Waals surface area contributed by atoms with E-state index in [9.17, 15) is 4.79 Å². The average molecular weight is 420 g/mol. The van der Waals surface area contributed by atoms with E-state index in [1.165, 1.54) is 0 Å². The number of rotatable bonds is 6. The van der Waals surface area contributed by atoms with Crippen LogP contribution in [-0.4, -0.2) is 61.3 Å². The lowest BCUT2D eigenvalue weighted by atomic mass is 9.78. The van der Waals surface area contributed by atoms with Gasteiger partial charge in [0.15, 0.2) is 5.75 Å². The quantitative estimate of drug-likeness (QED) is 0.563. The fourth-order valence-corrected chi connectivity index (χ4v) is 4.13. The van der Waals surface area contributed by atoms with Crippen molar-refractivity contribution in [3.63, 3.8) is 0 Å². The van der Waals surface area contributed by atoms with Gasteiger partial charge in [-0.2, -0.15) is 0 Å². The van der Waals surface area contributed by atoms with Crippen LogP contribution in [0.2, 0.25) is 0 Å². The van der Waals surface area contributed by atoms with Crippen LogP contribution >= 0.6 is 0 Å². The van der Waals surface area contributed by atoms with E-state index in [-0.39, 0.29) is 11.3 Å². The minimum atomic E-state index is -0.231. The van der Waals surface area contributed by atoms with Crippen LogP contribution in [0.5, 0.6) is 5.75 Å². The molecule has 2 saturated heterocycles. The number of aromatic amines is 1. The number of ether oxygens (including phenoxy) is 2.